The first-order valence-corrected chi connectivity index (χ1v) is 6.09. The molecule has 2 unspecified atom stereocenters. The summed E-state index contributed by atoms with van der Waals surface area (Å²) >= 11 is 0. The highest BCUT2D eigenvalue weighted by molar-refractivity contribution is 5.81. The zero-order chi connectivity index (χ0) is 13.4. The molecule has 2 atom stereocenters. The van der Waals surface area contributed by atoms with Gasteiger partial charge in [0.1, 0.15) is 5.54 Å². The molecule has 1 aliphatic heterocycles. The number of nitrogens with one attached hydrogen (secondary N) is 2. The van der Waals surface area contributed by atoms with Crippen LogP contribution < -0.4 is 10.6 Å². The summed E-state index contributed by atoms with van der Waals surface area (Å²) in [6.45, 7) is 3.08. The number of alkyl halides is 3. The van der Waals surface area contributed by atoms with E-state index in [0.29, 0.717) is 13.2 Å². The quantitative estimate of drug-likeness (QED) is 0.792. The second-order valence-corrected chi connectivity index (χ2v) is 4.88. The maximum Gasteiger partial charge on any atom is 0.411 e. The molecule has 4 nitrogen and oxygen atoms in total. The first-order valence-electron chi connectivity index (χ1n) is 6.09. The Kier molecular flexibility index (Phi) is 3.55. The molecule has 2 rings (SSSR count). The van der Waals surface area contributed by atoms with Crippen LogP contribution >= 0.6 is 0 Å². The van der Waals surface area contributed by atoms with Gasteiger partial charge in [0, 0.05) is 6.04 Å². The predicted molar refractivity (Wildman–Crippen MR) is 57.9 cm³/mol. The molecule has 0 bridgehead atoms. The minimum absolute atomic E-state index is 0.0261. The maximum atomic E-state index is 12.7. The number of carbonyl (C=O) groups excluding carboxylic acids is 1. The van der Waals surface area contributed by atoms with E-state index < -0.39 is 23.5 Å². The molecule has 1 aliphatic carbocycles. The molecule has 0 aromatic heterocycles. The number of carbonyl (C=O) groups is 1. The van der Waals surface area contributed by atoms with Crippen LogP contribution in [-0.2, 0) is 9.53 Å². The average molecular weight is 266 g/mol. The van der Waals surface area contributed by atoms with E-state index >= 15 is 0 Å². The molecule has 1 heterocycles. The van der Waals surface area contributed by atoms with Crippen LogP contribution in [0.25, 0.3) is 0 Å². The highest BCUT2D eigenvalue weighted by Gasteiger charge is 2.64. The number of hydrogen-bond acceptors (Lipinski definition) is 3. The molecule has 2 N–H and O–H groups in total. The molecular formula is C11H17F3N2O2. The lowest BCUT2D eigenvalue weighted by Gasteiger charge is -2.24. The molecule has 1 saturated carbocycles. The van der Waals surface area contributed by atoms with Crippen LogP contribution in [0.1, 0.15) is 19.8 Å². The van der Waals surface area contributed by atoms with Crippen LogP contribution in [0.4, 0.5) is 13.2 Å². The smallest absolute Gasteiger partial charge is 0.379 e. The van der Waals surface area contributed by atoms with Crippen molar-refractivity contribution in [3.8, 4) is 0 Å². The number of amides is 1. The normalized spacial score (nSPS) is 30.2. The second kappa shape index (κ2) is 4.70. The molecule has 7 heteroatoms. The van der Waals surface area contributed by atoms with Gasteiger partial charge in [-0.2, -0.15) is 13.2 Å². The van der Waals surface area contributed by atoms with Gasteiger partial charge in [-0.1, -0.05) is 6.92 Å². The van der Waals surface area contributed by atoms with Crippen LogP contribution in [-0.4, -0.2) is 43.4 Å². The third-order valence-electron chi connectivity index (χ3n) is 3.54. The Morgan fingerprint density at radius 3 is 2.56 bits per heavy atom. The minimum atomic E-state index is -4.37. The van der Waals surface area contributed by atoms with E-state index in [1.165, 1.54) is 0 Å². The molecule has 0 aromatic carbocycles. The Morgan fingerprint density at radius 2 is 2.06 bits per heavy atom. The van der Waals surface area contributed by atoms with Crippen molar-refractivity contribution in [2.45, 2.75) is 37.5 Å². The van der Waals surface area contributed by atoms with E-state index in [0.717, 1.165) is 0 Å². The predicted octanol–water partition coefficient (Wildman–Crippen LogP) is 0.822. The summed E-state index contributed by atoms with van der Waals surface area (Å²) in [6.07, 6.45) is -4.42. The Hall–Kier alpha value is -0.820. The van der Waals surface area contributed by atoms with E-state index in [1.807, 2.05) is 6.92 Å². The van der Waals surface area contributed by atoms with E-state index in [2.05, 4.69) is 10.6 Å². The molecule has 2 aliphatic rings. The van der Waals surface area contributed by atoms with Crippen molar-refractivity contribution in [1.82, 2.24) is 10.6 Å². The lowest BCUT2D eigenvalue weighted by atomic mass is 10.0. The fourth-order valence-electron chi connectivity index (χ4n) is 2.21. The van der Waals surface area contributed by atoms with Gasteiger partial charge in [0.05, 0.1) is 19.1 Å². The topological polar surface area (TPSA) is 50.4 Å². The number of ether oxygens (including phenoxy) is 1. The zero-order valence-electron chi connectivity index (χ0n) is 10.1. The summed E-state index contributed by atoms with van der Waals surface area (Å²) in [5, 5.41) is 5.21. The summed E-state index contributed by atoms with van der Waals surface area (Å²) in [7, 11) is 0. The van der Waals surface area contributed by atoms with Gasteiger partial charge in [0.2, 0.25) is 5.91 Å². The van der Waals surface area contributed by atoms with Gasteiger partial charge in [-0.25, -0.2) is 0 Å². The maximum absolute atomic E-state index is 12.7. The van der Waals surface area contributed by atoms with Crippen LogP contribution in [0.5, 0.6) is 0 Å². The SMILES string of the molecule is CCNC1COCC1C(=O)NC1(C(F)(F)F)CC1. The van der Waals surface area contributed by atoms with Crippen molar-refractivity contribution in [1.29, 1.82) is 0 Å². The lowest BCUT2D eigenvalue weighted by molar-refractivity contribution is -0.171. The second-order valence-electron chi connectivity index (χ2n) is 4.88. The molecule has 18 heavy (non-hydrogen) atoms. The summed E-state index contributed by atoms with van der Waals surface area (Å²) < 4.78 is 43.3. The fraction of sp³-hybridized carbons (Fsp3) is 0.909. The van der Waals surface area contributed by atoms with E-state index in [9.17, 15) is 18.0 Å². The van der Waals surface area contributed by atoms with Crippen molar-refractivity contribution in [3.05, 3.63) is 0 Å². The highest BCUT2D eigenvalue weighted by atomic mass is 19.4. The van der Waals surface area contributed by atoms with Crippen molar-refractivity contribution in [2.24, 2.45) is 5.92 Å². The molecule has 0 radical (unpaired) electrons. The Bertz CT molecular complexity index is 329. The Morgan fingerprint density at radius 1 is 1.39 bits per heavy atom. The number of likely N-dealkylation sites (N-methyl/N-ethyl adjacent to an activating group) is 1. The van der Waals surface area contributed by atoms with Gasteiger partial charge in [-0.05, 0) is 19.4 Å². The third-order valence-corrected chi connectivity index (χ3v) is 3.54. The first-order chi connectivity index (χ1) is 8.39. The first kappa shape index (κ1) is 13.6. The molecular weight excluding hydrogens is 249 g/mol. The molecule has 1 amide bonds. The lowest BCUT2D eigenvalue weighted by Crippen LogP contribution is -2.53. The highest BCUT2D eigenvalue weighted by Crippen LogP contribution is 2.49. The summed E-state index contributed by atoms with van der Waals surface area (Å²) in [5.74, 6) is -1.10. The van der Waals surface area contributed by atoms with Crippen molar-refractivity contribution in [2.75, 3.05) is 19.8 Å². The van der Waals surface area contributed by atoms with Gasteiger partial charge in [-0.15, -0.1) is 0 Å². The average Bonchev–Trinajstić information content (AvgIpc) is 2.90. The zero-order valence-corrected chi connectivity index (χ0v) is 10.1. The van der Waals surface area contributed by atoms with Gasteiger partial charge in [0.25, 0.3) is 0 Å². The molecule has 104 valence electrons. The minimum Gasteiger partial charge on any atom is -0.379 e. The number of hydrogen-bond donors (Lipinski definition) is 2. The van der Waals surface area contributed by atoms with Gasteiger partial charge in [-0.3, -0.25) is 4.79 Å². The van der Waals surface area contributed by atoms with Crippen LogP contribution in [0, 0.1) is 5.92 Å². The fourth-order valence-corrected chi connectivity index (χ4v) is 2.21. The van der Waals surface area contributed by atoms with E-state index in [4.69, 9.17) is 4.74 Å². The van der Waals surface area contributed by atoms with Crippen molar-refractivity contribution in [3.63, 3.8) is 0 Å². The summed E-state index contributed by atoms with van der Waals surface area (Å²) in [5.41, 5.74) is -1.98. The monoisotopic (exact) mass is 266 g/mol. The van der Waals surface area contributed by atoms with Gasteiger partial charge in [0.15, 0.2) is 0 Å². The summed E-state index contributed by atoms with van der Waals surface area (Å²) in [6, 6.07) is -0.195. The van der Waals surface area contributed by atoms with E-state index in [-0.39, 0.29) is 25.5 Å². The molecule has 1 saturated heterocycles. The number of halogens is 3. The molecule has 0 aromatic rings. The van der Waals surface area contributed by atoms with Crippen molar-refractivity contribution >= 4 is 5.91 Å². The Balaban J connectivity index is 1.96. The van der Waals surface area contributed by atoms with Crippen LogP contribution in [0.15, 0.2) is 0 Å². The van der Waals surface area contributed by atoms with Crippen molar-refractivity contribution < 1.29 is 22.7 Å². The van der Waals surface area contributed by atoms with Crippen LogP contribution in [0.3, 0.4) is 0 Å². The Labute approximate surface area is 103 Å². The summed E-state index contributed by atoms with van der Waals surface area (Å²) in [4.78, 5) is 11.9. The van der Waals surface area contributed by atoms with Gasteiger partial charge >= 0.3 is 6.18 Å². The van der Waals surface area contributed by atoms with Gasteiger partial charge < -0.3 is 15.4 Å². The van der Waals surface area contributed by atoms with E-state index in [1.54, 1.807) is 0 Å². The van der Waals surface area contributed by atoms with Crippen LogP contribution in [0.2, 0.25) is 0 Å². The standard InChI is InChI=1S/C11H17F3N2O2/c1-2-15-8-6-18-5-7(8)9(17)16-10(3-4-10)11(12,13)14/h7-8,15H,2-6H2,1H3,(H,16,17). The largest absolute Gasteiger partial charge is 0.411 e. The third kappa shape index (κ3) is 2.47. The number of rotatable bonds is 4. The molecule has 2 fully saturated rings. The molecule has 0 spiro atoms.